The molecule has 88 valence electrons. The van der Waals surface area contributed by atoms with E-state index in [1.807, 2.05) is 0 Å². The summed E-state index contributed by atoms with van der Waals surface area (Å²) in [6.07, 6.45) is 0. The molecule has 0 aromatic carbocycles. The summed E-state index contributed by atoms with van der Waals surface area (Å²) in [5.41, 5.74) is -0.889. The normalized spacial score (nSPS) is 24.9. The Bertz CT molecular complexity index is 137. The molecule has 2 rings (SSSR count). The van der Waals surface area contributed by atoms with E-state index < -0.39 is 11.6 Å². The van der Waals surface area contributed by atoms with Crippen LogP contribution in [0.15, 0.2) is 0 Å². The summed E-state index contributed by atoms with van der Waals surface area (Å²) in [5, 5.41) is 5.28. The van der Waals surface area contributed by atoms with Crippen LogP contribution < -0.4 is 10.6 Å². The maximum atomic E-state index is 12.1. The lowest BCUT2D eigenvalue weighted by Crippen LogP contribution is -2.53. The minimum Gasteiger partial charge on any atom is -0.310 e. The predicted octanol–water partition coefficient (Wildman–Crippen LogP) is 1.39. The molecule has 0 spiro atoms. The fourth-order valence-electron chi connectivity index (χ4n) is 0.783. The van der Waals surface area contributed by atoms with E-state index >= 15 is 0 Å². The minimum absolute atomic E-state index is 0. The van der Waals surface area contributed by atoms with E-state index in [1.54, 1.807) is 6.92 Å². The van der Waals surface area contributed by atoms with Crippen LogP contribution >= 0.6 is 24.8 Å². The van der Waals surface area contributed by atoms with Crippen LogP contribution in [0.25, 0.3) is 0 Å². The van der Waals surface area contributed by atoms with Crippen molar-refractivity contribution < 1.29 is 13.2 Å². The van der Waals surface area contributed by atoms with Gasteiger partial charge in [0.15, 0.2) is 0 Å². The topological polar surface area (TPSA) is 24.1 Å². The molecule has 2 aliphatic rings. The Labute approximate surface area is 93.8 Å². The van der Waals surface area contributed by atoms with Crippen LogP contribution in [0.1, 0.15) is 6.92 Å². The highest BCUT2D eigenvalue weighted by atomic mass is 35.5. The fraction of sp³-hybridized carbons (Fsp3) is 1.00. The number of alkyl halides is 3. The fourth-order valence-corrected chi connectivity index (χ4v) is 0.783. The second-order valence-electron chi connectivity index (χ2n) is 3.48. The van der Waals surface area contributed by atoms with Crippen LogP contribution in [-0.2, 0) is 0 Å². The van der Waals surface area contributed by atoms with E-state index in [-0.39, 0.29) is 37.9 Å². The first kappa shape index (κ1) is 16.7. The molecular formula is C7H15Cl2F3N2. The first-order chi connectivity index (χ1) is 5.41. The third kappa shape index (κ3) is 5.90. The van der Waals surface area contributed by atoms with Gasteiger partial charge in [-0.3, -0.25) is 0 Å². The minimum atomic E-state index is -2.39. The van der Waals surface area contributed by atoms with Crippen molar-refractivity contribution >= 4 is 24.8 Å². The lowest BCUT2D eigenvalue weighted by atomic mass is 10.0. The molecule has 2 N–H and O–H groups in total. The molecule has 14 heavy (non-hydrogen) atoms. The zero-order valence-corrected chi connectivity index (χ0v) is 9.41. The number of hydrogen-bond donors (Lipinski definition) is 2. The number of hydrogen-bond acceptors (Lipinski definition) is 2. The summed E-state index contributed by atoms with van der Waals surface area (Å²) in [4.78, 5) is 0. The Balaban J connectivity index is 0. The van der Waals surface area contributed by atoms with E-state index in [4.69, 9.17) is 0 Å². The first-order valence-electron chi connectivity index (χ1n) is 3.90. The van der Waals surface area contributed by atoms with Crippen molar-refractivity contribution in [1.82, 2.24) is 10.6 Å². The average molecular weight is 255 g/mol. The van der Waals surface area contributed by atoms with Crippen molar-refractivity contribution in [2.75, 3.05) is 26.2 Å². The number of halogens is 5. The molecule has 0 aliphatic carbocycles. The van der Waals surface area contributed by atoms with Gasteiger partial charge in [-0.15, -0.1) is 24.8 Å². The SMILES string of the molecule is CC1(F)CNC1.Cl.Cl.FC1(F)CNC1. The van der Waals surface area contributed by atoms with Crippen molar-refractivity contribution in [3.05, 3.63) is 0 Å². The van der Waals surface area contributed by atoms with Crippen molar-refractivity contribution in [3.8, 4) is 0 Å². The second-order valence-corrected chi connectivity index (χ2v) is 3.48. The molecule has 0 amide bonds. The van der Waals surface area contributed by atoms with Gasteiger partial charge in [0.1, 0.15) is 5.67 Å². The van der Waals surface area contributed by atoms with Gasteiger partial charge in [-0.25, -0.2) is 13.2 Å². The molecule has 0 atom stereocenters. The number of nitrogens with one attached hydrogen (secondary N) is 2. The number of rotatable bonds is 0. The maximum Gasteiger partial charge on any atom is 0.272 e. The van der Waals surface area contributed by atoms with Gasteiger partial charge >= 0.3 is 0 Å². The molecule has 2 aliphatic heterocycles. The third-order valence-electron chi connectivity index (χ3n) is 1.75. The van der Waals surface area contributed by atoms with Gasteiger partial charge in [0.25, 0.3) is 5.92 Å². The first-order valence-corrected chi connectivity index (χ1v) is 3.90. The molecular weight excluding hydrogens is 240 g/mol. The van der Waals surface area contributed by atoms with Gasteiger partial charge in [-0.2, -0.15) is 0 Å². The summed E-state index contributed by atoms with van der Waals surface area (Å²) >= 11 is 0. The van der Waals surface area contributed by atoms with Crippen LogP contribution in [0.5, 0.6) is 0 Å². The van der Waals surface area contributed by atoms with Gasteiger partial charge in [0, 0.05) is 13.1 Å². The smallest absolute Gasteiger partial charge is 0.272 e. The van der Waals surface area contributed by atoms with E-state index in [1.165, 1.54) is 0 Å². The molecule has 0 saturated carbocycles. The molecule has 0 unspecified atom stereocenters. The summed E-state index contributed by atoms with van der Waals surface area (Å²) in [6, 6.07) is 0. The van der Waals surface area contributed by atoms with Crippen LogP contribution in [0, 0.1) is 0 Å². The molecule has 2 heterocycles. The summed E-state index contributed by atoms with van der Waals surface area (Å²) < 4.78 is 35.1. The highest BCUT2D eigenvalue weighted by Crippen LogP contribution is 2.16. The van der Waals surface area contributed by atoms with Crippen molar-refractivity contribution in [1.29, 1.82) is 0 Å². The van der Waals surface area contributed by atoms with Gasteiger partial charge < -0.3 is 10.6 Å². The van der Waals surface area contributed by atoms with E-state index in [2.05, 4.69) is 10.6 Å². The van der Waals surface area contributed by atoms with E-state index in [0.717, 1.165) is 0 Å². The highest BCUT2D eigenvalue weighted by molar-refractivity contribution is 5.85. The largest absolute Gasteiger partial charge is 0.310 e. The molecule has 0 radical (unpaired) electrons. The van der Waals surface area contributed by atoms with Gasteiger partial charge in [-0.1, -0.05) is 0 Å². The second kappa shape index (κ2) is 6.00. The molecule has 7 heteroatoms. The lowest BCUT2D eigenvalue weighted by Gasteiger charge is -2.30. The van der Waals surface area contributed by atoms with Gasteiger partial charge in [0.2, 0.25) is 0 Å². The standard InChI is InChI=1S/C4H8FN.C3H5F2N.2ClH/c1-4(5)2-6-3-4;4-3(5)1-6-2-3;;/h6H,2-3H2,1H3;6H,1-2H2;2*1H. The quantitative estimate of drug-likeness (QED) is 0.683. The average Bonchev–Trinajstić information content (AvgIpc) is 1.83. The summed E-state index contributed by atoms with van der Waals surface area (Å²) in [7, 11) is 0. The van der Waals surface area contributed by atoms with Gasteiger partial charge in [0.05, 0.1) is 13.1 Å². The van der Waals surface area contributed by atoms with Crippen molar-refractivity contribution in [2.24, 2.45) is 0 Å². The Morgan fingerprint density at radius 1 is 0.857 bits per heavy atom. The Hall–Kier alpha value is 0.290. The monoisotopic (exact) mass is 254 g/mol. The highest BCUT2D eigenvalue weighted by Gasteiger charge is 2.36. The van der Waals surface area contributed by atoms with Crippen LogP contribution in [0.4, 0.5) is 13.2 Å². The lowest BCUT2D eigenvalue weighted by molar-refractivity contribution is -0.0475. The van der Waals surface area contributed by atoms with Crippen LogP contribution in [0.3, 0.4) is 0 Å². The zero-order chi connectivity index (χ0) is 9.24. The van der Waals surface area contributed by atoms with E-state index in [0.29, 0.717) is 13.1 Å². The molecule has 2 fully saturated rings. The maximum absolute atomic E-state index is 12.1. The van der Waals surface area contributed by atoms with Crippen molar-refractivity contribution in [2.45, 2.75) is 18.5 Å². The Morgan fingerprint density at radius 2 is 1.07 bits per heavy atom. The predicted molar refractivity (Wildman–Crippen MR) is 54.7 cm³/mol. The third-order valence-corrected chi connectivity index (χ3v) is 1.75. The molecule has 0 aromatic heterocycles. The van der Waals surface area contributed by atoms with Gasteiger partial charge in [-0.05, 0) is 6.92 Å². The van der Waals surface area contributed by atoms with Crippen molar-refractivity contribution in [3.63, 3.8) is 0 Å². The van der Waals surface area contributed by atoms with E-state index in [9.17, 15) is 13.2 Å². The summed E-state index contributed by atoms with van der Waals surface area (Å²) in [5.74, 6) is -2.39. The Kier molecular flexibility index (Phi) is 7.16. The molecule has 0 bridgehead atoms. The van der Waals surface area contributed by atoms with Crippen LogP contribution in [-0.4, -0.2) is 37.8 Å². The Morgan fingerprint density at radius 3 is 1.07 bits per heavy atom. The molecule has 2 nitrogen and oxygen atoms in total. The molecule has 2 saturated heterocycles. The zero-order valence-electron chi connectivity index (χ0n) is 7.78. The molecule has 0 aromatic rings. The summed E-state index contributed by atoms with van der Waals surface area (Å²) in [6.45, 7) is 2.41. The van der Waals surface area contributed by atoms with Crippen LogP contribution in [0.2, 0.25) is 0 Å².